The fraction of sp³-hybridized carbons (Fsp3) is 0.0612. The maximum Gasteiger partial charge on any atom is 0.0546 e. The van der Waals surface area contributed by atoms with Gasteiger partial charge in [-0.2, -0.15) is 0 Å². The molecule has 0 spiro atoms. The predicted molar refractivity (Wildman–Crippen MR) is 213 cm³/mol. The van der Waals surface area contributed by atoms with E-state index >= 15 is 0 Å². The quantitative estimate of drug-likeness (QED) is 0.175. The molecule has 1 aliphatic carbocycles. The monoisotopic (exact) mass is 639 g/mol. The molecule has 0 unspecified atom stereocenters. The standard InChI is InChI=1S/C49H37N/c1-49(2)44-27-16-26-40(37-21-10-5-11-22-37)47(44)43-33-46(41-24-12-13-25-42(41)48(43)49)50(38-31-29-35(30-32-38)34-17-6-3-7-18-34)45-28-15-14-23-39(45)36-19-8-4-9-20-36/h3-33H,1-2H3. The molecule has 0 aromatic heterocycles. The molecule has 0 bridgehead atoms. The van der Waals surface area contributed by atoms with Crippen LogP contribution in [0.1, 0.15) is 25.0 Å². The number of fused-ring (bicyclic) bond motifs is 5. The van der Waals surface area contributed by atoms with Crippen LogP contribution < -0.4 is 4.90 Å². The van der Waals surface area contributed by atoms with Crippen molar-refractivity contribution in [2.75, 3.05) is 4.90 Å². The summed E-state index contributed by atoms with van der Waals surface area (Å²) in [6.45, 7) is 4.78. The third-order valence-corrected chi connectivity index (χ3v) is 10.4. The smallest absolute Gasteiger partial charge is 0.0546 e. The lowest BCUT2D eigenvalue weighted by Gasteiger charge is -2.31. The Morgan fingerprint density at radius 1 is 0.380 bits per heavy atom. The van der Waals surface area contributed by atoms with Gasteiger partial charge >= 0.3 is 0 Å². The number of hydrogen-bond acceptors (Lipinski definition) is 1. The van der Waals surface area contributed by atoms with Crippen LogP contribution in [0.4, 0.5) is 17.1 Å². The molecule has 0 N–H and O–H groups in total. The van der Waals surface area contributed by atoms with Crippen LogP contribution in [-0.4, -0.2) is 0 Å². The highest BCUT2D eigenvalue weighted by Gasteiger charge is 2.39. The Hall–Kier alpha value is -6.18. The van der Waals surface area contributed by atoms with Crippen molar-refractivity contribution in [2.45, 2.75) is 19.3 Å². The largest absolute Gasteiger partial charge is 0.309 e. The second kappa shape index (κ2) is 12.1. The Labute approximate surface area is 294 Å². The molecule has 238 valence electrons. The van der Waals surface area contributed by atoms with Gasteiger partial charge in [0.25, 0.3) is 0 Å². The van der Waals surface area contributed by atoms with Gasteiger partial charge < -0.3 is 4.90 Å². The van der Waals surface area contributed by atoms with Crippen LogP contribution in [-0.2, 0) is 5.41 Å². The van der Waals surface area contributed by atoms with E-state index in [4.69, 9.17) is 0 Å². The van der Waals surface area contributed by atoms with Gasteiger partial charge in [0.1, 0.15) is 0 Å². The molecule has 0 heterocycles. The Morgan fingerprint density at radius 3 is 1.58 bits per heavy atom. The summed E-state index contributed by atoms with van der Waals surface area (Å²) >= 11 is 0. The highest BCUT2D eigenvalue weighted by atomic mass is 15.1. The molecular weight excluding hydrogens is 603 g/mol. The highest BCUT2D eigenvalue weighted by Crippen LogP contribution is 2.57. The maximum absolute atomic E-state index is 2.48. The first-order valence-electron chi connectivity index (χ1n) is 17.5. The lowest BCUT2D eigenvalue weighted by Crippen LogP contribution is -2.16. The number of nitrogens with zero attached hydrogens (tertiary/aromatic N) is 1. The minimum atomic E-state index is -0.169. The van der Waals surface area contributed by atoms with Gasteiger partial charge in [0.15, 0.2) is 0 Å². The summed E-state index contributed by atoms with van der Waals surface area (Å²) in [4.78, 5) is 2.48. The Bertz CT molecular complexity index is 2480. The van der Waals surface area contributed by atoms with Gasteiger partial charge in [0.05, 0.1) is 11.4 Å². The molecule has 1 heteroatoms. The van der Waals surface area contributed by atoms with Crippen LogP contribution in [0.25, 0.3) is 55.3 Å². The predicted octanol–water partition coefficient (Wildman–Crippen LogP) is 13.6. The van der Waals surface area contributed by atoms with Crippen molar-refractivity contribution in [2.24, 2.45) is 0 Å². The van der Waals surface area contributed by atoms with Crippen molar-refractivity contribution >= 4 is 27.8 Å². The zero-order chi connectivity index (χ0) is 33.7. The zero-order valence-electron chi connectivity index (χ0n) is 28.3. The molecule has 0 aliphatic heterocycles. The van der Waals surface area contributed by atoms with Crippen LogP contribution in [0, 0.1) is 0 Å². The van der Waals surface area contributed by atoms with Crippen molar-refractivity contribution < 1.29 is 0 Å². The van der Waals surface area contributed by atoms with Crippen LogP contribution in [0.3, 0.4) is 0 Å². The molecule has 9 rings (SSSR count). The van der Waals surface area contributed by atoms with Crippen molar-refractivity contribution in [1.29, 1.82) is 0 Å². The van der Waals surface area contributed by atoms with E-state index in [2.05, 4.69) is 207 Å². The van der Waals surface area contributed by atoms with Crippen LogP contribution in [0.5, 0.6) is 0 Å². The van der Waals surface area contributed by atoms with Crippen LogP contribution in [0.2, 0.25) is 0 Å². The number of anilines is 3. The van der Waals surface area contributed by atoms with Gasteiger partial charge in [-0.3, -0.25) is 0 Å². The first-order chi connectivity index (χ1) is 24.6. The summed E-state index contributed by atoms with van der Waals surface area (Å²) in [6.07, 6.45) is 0. The van der Waals surface area contributed by atoms with Gasteiger partial charge in [0, 0.05) is 22.1 Å². The summed E-state index contributed by atoms with van der Waals surface area (Å²) in [6, 6.07) is 68.5. The van der Waals surface area contributed by atoms with Crippen LogP contribution >= 0.6 is 0 Å². The Morgan fingerprint density at radius 2 is 0.900 bits per heavy atom. The fourth-order valence-corrected chi connectivity index (χ4v) is 8.14. The molecule has 8 aromatic rings. The molecule has 1 nitrogen and oxygen atoms in total. The lowest BCUT2D eigenvalue weighted by molar-refractivity contribution is 0.666. The minimum Gasteiger partial charge on any atom is -0.309 e. The third kappa shape index (κ3) is 4.85. The summed E-state index contributed by atoms with van der Waals surface area (Å²) in [5, 5.41) is 2.53. The first kappa shape index (κ1) is 29.9. The molecule has 8 aromatic carbocycles. The first-order valence-corrected chi connectivity index (χ1v) is 17.5. The molecule has 50 heavy (non-hydrogen) atoms. The summed E-state index contributed by atoms with van der Waals surface area (Å²) < 4.78 is 0. The molecule has 0 amide bonds. The van der Waals surface area contributed by atoms with Crippen molar-refractivity contribution in [3.8, 4) is 44.5 Å². The maximum atomic E-state index is 2.48. The topological polar surface area (TPSA) is 3.24 Å². The van der Waals surface area contributed by atoms with E-state index in [0.29, 0.717) is 0 Å². The normalized spacial score (nSPS) is 12.8. The summed E-state index contributed by atoms with van der Waals surface area (Å²) in [7, 11) is 0. The zero-order valence-corrected chi connectivity index (χ0v) is 28.3. The highest BCUT2D eigenvalue weighted by molar-refractivity contribution is 6.09. The molecule has 0 atom stereocenters. The molecule has 0 radical (unpaired) electrons. The van der Waals surface area contributed by atoms with Crippen molar-refractivity contribution in [3.05, 3.63) is 199 Å². The second-order valence-electron chi connectivity index (χ2n) is 13.7. The average Bonchev–Trinajstić information content (AvgIpc) is 3.42. The molecule has 1 aliphatic rings. The van der Waals surface area contributed by atoms with E-state index in [9.17, 15) is 0 Å². The van der Waals surface area contributed by atoms with E-state index in [1.54, 1.807) is 0 Å². The van der Waals surface area contributed by atoms with E-state index in [1.165, 1.54) is 72.1 Å². The van der Waals surface area contributed by atoms with E-state index < -0.39 is 0 Å². The van der Waals surface area contributed by atoms with Gasteiger partial charge in [-0.25, -0.2) is 0 Å². The fourth-order valence-electron chi connectivity index (χ4n) is 8.14. The van der Waals surface area contributed by atoms with Gasteiger partial charge in [0.2, 0.25) is 0 Å². The molecule has 0 fully saturated rings. The third-order valence-electron chi connectivity index (χ3n) is 10.4. The molecular formula is C49H37N. The number of benzene rings is 8. The number of rotatable bonds is 6. The van der Waals surface area contributed by atoms with E-state index in [-0.39, 0.29) is 5.41 Å². The van der Waals surface area contributed by atoms with E-state index in [0.717, 1.165) is 11.4 Å². The van der Waals surface area contributed by atoms with Gasteiger partial charge in [-0.15, -0.1) is 0 Å². The molecule has 0 saturated carbocycles. The Balaban J connectivity index is 1.35. The van der Waals surface area contributed by atoms with Crippen molar-refractivity contribution in [3.63, 3.8) is 0 Å². The lowest BCUT2D eigenvalue weighted by atomic mass is 9.79. The minimum absolute atomic E-state index is 0.169. The number of para-hydroxylation sites is 1. The van der Waals surface area contributed by atoms with Crippen molar-refractivity contribution in [1.82, 2.24) is 0 Å². The summed E-state index contributed by atoms with van der Waals surface area (Å²) in [5.41, 5.74) is 16.0. The second-order valence-corrected chi connectivity index (χ2v) is 13.7. The van der Waals surface area contributed by atoms with Crippen LogP contribution in [0.15, 0.2) is 188 Å². The SMILES string of the molecule is CC1(C)c2cccc(-c3ccccc3)c2-c2cc(N(c3ccc(-c4ccccc4)cc3)c3ccccc3-c3ccccc3)c3ccccc3c21. The molecule has 0 saturated heterocycles. The number of hydrogen-bond donors (Lipinski definition) is 0. The van der Waals surface area contributed by atoms with E-state index in [1.807, 2.05) is 0 Å². The Kier molecular flexibility index (Phi) is 7.21. The van der Waals surface area contributed by atoms with Gasteiger partial charge in [-0.1, -0.05) is 178 Å². The summed E-state index contributed by atoms with van der Waals surface area (Å²) in [5.74, 6) is 0. The van der Waals surface area contributed by atoms with Gasteiger partial charge in [-0.05, 0) is 79.7 Å². The average molecular weight is 640 g/mol.